The van der Waals surface area contributed by atoms with E-state index in [1.54, 1.807) is 12.1 Å². The van der Waals surface area contributed by atoms with Gasteiger partial charge in [-0.05, 0) is 25.0 Å². The van der Waals surface area contributed by atoms with Gasteiger partial charge >= 0.3 is 5.97 Å². The molecular formula is C15H19NO7S. The second-order valence-electron chi connectivity index (χ2n) is 5.73. The van der Waals surface area contributed by atoms with Crippen LogP contribution in [0.15, 0.2) is 23.1 Å². The normalized spacial score (nSPS) is 24.0. The van der Waals surface area contributed by atoms with E-state index in [-0.39, 0.29) is 36.8 Å². The Kier molecular flexibility index (Phi) is 4.41. The number of hydrogen-bond donors (Lipinski definition) is 1. The van der Waals surface area contributed by atoms with Crippen molar-refractivity contribution in [2.45, 2.75) is 23.3 Å². The molecule has 2 heterocycles. The van der Waals surface area contributed by atoms with Crippen molar-refractivity contribution in [1.82, 2.24) is 4.31 Å². The number of fused-ring (bicyclic) bond motifs is 1. The molecule has 0 spiro atoms. The van der Waals surface area contributed by atoms with E-state index < -0.39 is 21.5 Å². The van der Waals surface area contributed by atoms with Gasteiger partial charge in [-0.3, -0.25) is 4.79 Å². The molecular weight excluding hydrogens is 338 g/mol. The predicted octanol–water partition coefficient (Wildman–Crippen LogP) is 0.712. The van der Waals surface area contributed by atoms with E-state index in [1.165, 1.54) is 13.2 Å². The van der Waals surface area contributed by atoms with Crippen molar-refractivity contribution in [2.24, 2.45) is 0 Å². The number of carbonyl (C=O) groups is 1. The van der Waals surface area contributed by atoms with Gasteiger partial charge in [-0.1, -0.05) is 6.07 Å². The average molecular weight is 357 g/mol. The third kappa shape index (κ3) is 2.52. The van der Waals surface area contributed by atoms with E-state index in [2.05, 4.69) is 0 Å². The molecule has 1 N–H and O–H groups in total. The van der Waals surface area contributed by atoms with Crippen LogP contribution in [-0.4, -0.2) is 62.8 Å². The number of benzene rings is 1. The van der Waals surface area contributed by atoms with Crippen LogP contribution in [0.2, 0.25) is 0 Å². The van der Waals surface area contributed by atoms with Crippen LogP contribution in [0, 0.1) is 0 Å². The summed E-state index contributed by atoms with van der Waals surface area (Å²) >= 11 is 0. The lowest BCUT2D eigenvalue weighted by Gasteiger charge is -2.33. The van der Waals surface area contributed by atoms with Gasteiger partial charge < -0.3 is 19.3 Å². The lowest BCUT2D eigenvalue weighted by Crippen LogP contribution is -2.55. The second kappa shape index (κ2) is 6.23. The Morgan fingerprint density at radius 2 is 2.12 bits per heavy atom. The van der Waals surface area contributed by atoms with Crippen molar-refractivity contribution in [3.8, 4) is 11.5 Å². The fourth-order valence-electron chi connectivity index (χ4n) is 3.23. The molecule has 0 aromatic heterocycles. The number of hydrogen-bond acceptors (Lipinski definition) is 6. The molecule has 1 aromatic rings. The Morgan fingerprint density at radius 3 is 2.83 bits per heavy atom. The lowest BCUT2D eigenvalue weighted by atomic mass is 9.99. The zero-order valence-corrected chi connectivity index (χ0v) is 14.0. The van der Waals surface area contributed by atoms with Crippen LogP contribution < -0.4 is 9.47 Å². The minimum atomic E-state index is -4.09. The molecule has 8 nitrogen and oxygen atoms in total. The molecule has 132 valence electrons. The van der Waals surface area contributed by atoms with Gasteiger partial charge in [0.1, 0.15) is 18.1 Å². The summed E-state index contributed by atoms with van der Waals surface area (Å²) in [6.45, 7) is 0.473. The molecule has 2 aliphatic rings. The molecule has 1 saturated heterocycles. The molecule has 0 saturated carbocycles. The van der Waals surface area contributed by atoms with Crippen LogP contribution in [-0.2, 0) is 19.6 Å². The summed E-state index contributed by atoms with van der Waals surface area (Å²) in [4.78, 5) is 11.8. The molecule has 1 aromatic carbocycles. The van der Waals surface area contributed by atoms with Gasteiger partial charge in [-0.15, -0.1) is 0 Å². The highest BCUT2D eigenvalue weighted by Gasteiger charge is 2.54. The smallest absolute Gasteiger partial charge is 0.327 e. The Hall–Kier alpha value is -1.84. The van der Waals surface area contributed by atoms with Crippen LogP contribution in [0.1, 0.15) is 12.8 Å². The maximum absolute atomic E-state index is 13.2. The van der Waals surface area contributed by atoms with E-state index in [0.29, 0.717) is 18.8 Å². The van der Waals surface area contributed by atoms with Crippen molar-refractivity contribution < 1.29 is 32.5 Å². The van der Waals surface area contributed by atoms with Gasteiger partial charge in [0.05, 0.1) is 6.61 Å². The number of carboxylic acid groups (broad SMARTS) is 1. The highest BCUT2D eigenvalue weighted by Crippen LogP contribution is 2.42. The minimum absolute atomic E-state index is 0.0803. The number of aliphatic carboxylic acids is 1. The summed E-state index contributed by atoms with van der Waals surface area (Å²) in [6.07, 6.45) is 0.642. The summed E-state index contributed by atoms with van der Waals surface area (Å²) in [7, 11) is -2.73. The summed E-state index contributed by atoms with van der Waals surface area (Å²) in [5, 5.41) is 9.67. The molecule has 0 amide bonds. The van der Waals surface area contributed by atoms with E-state index in [9.17, 15) is 18.3 Å². The van der Waals surface area contributed by atoms with Crippen molar-refractivity contribution in [3.63, 3.8) is 0 Å². The zero-order valence-electron chi connectivity index (χ0n) is 13.2. The number of para-hydroxylation sites is 1. The summed E-state index contributed by atoms with van der Waals surface area (Å²) < 4.78 is 43.3. The standard InChI is InChI=1S/C15H19NO7S/c1-21-10-15(14(17)18)6-3-7-16(15)24(19,20)12-5-2-4-11-13(12)23-9-8-22-11/h2,4-5H,3,6-10H2,1H3,(H,17,18). The Labute approximate surface area is 140 Å². The lowest BCUT2D eigenvalue weighted by molar-refractivity contribution is -0.150. The van der Waals surface area contributed by atoms with Crippen LogP contribution in [0.25, 0.3) is 0 Å². The first-order valence-corrected chi connectivity index (χ1v) is 9.01. The molecule has 0 aliphatic carbocycles. The Morgan fingerprint density at radius 1 is 1.38 bits per heavy atom. The first kappa shape index (κ1) is 17.0. The number of ether oxygens (including phenoxy) is 3. The van der Waals surface area contributed by atoms with Crippen molar-refractivity contribution in [1.29, 1.82) is 0 Å². The molecule has 1 unspecified atom stereocenters. The summed E-state index contributed by atoms with van der Waals surface area (Å²) in [5.74, 6) is -0.742. The average Bonchev–Trinajstić information content (AvgIpc) is 3.00. The highest BCUT2D eigenvalue weighted by atomic mass is 32.2. The van der Waals surface area contributed by atoms with Crippen LogP contribution >= 0.6 is 0 Å². The van der Waals surface area contributed by atoms with Gasteiger partial charge in [0.25, 0.3) is 0 Å². The van der Waals surface area contributed by atoms with Crippen LogP contribution in [0.3, 0.4) is 0 Å². The van der Waals surface area contributed by atoms with E-state index >= 15 is 0 Å². The predicted molar refractivity (Wildman–Crippen MR) is 82.8 cm³/mol. The quantitative estimate of drug-likeness (QED) is 0.828. The highest BCUT2D eigenvalue weighted by molar-refractivity contribution is 7.89. The summed E-state index contributed by atoms with van der Waals surface area (Å²) in [5.41, 5.74) is -1.61. The van der Waals surface area contributed by atoms with Crippen LogP contribution in [0.4, 0.5) is 0 Å². The molecule has 1 fully saturated rings. The number of nitrogens with zero attached hydrogens (tertiary/aromatic N) is 1. The van der Waals surface area contributed by atoms with E-state index in [1.807, 2.05) is 0 Å². The molecule has 9 heteroatoms. The first-order chi connectivity index (χ1) is 11.4. The molecule has 0 radical (unpaired) electrons. The molecule has 0 bridgehead atoms. The van der Waals surface area contributed by atoms with Gasteiger partial charge in [0.2, 0.25) is 10.0 Å². The topological polar surface area (TPSA) is 102 Å². The third-order valence-electron chi connectivity index (χ3n) is 4.31. The number of methoxy groups -OCH3 is 1. The number of rotatable bonds is 5. The maximum atomic E-state index is 13.2. The fraction of sp³-hybridized carbons (Fsp3) is 0.533. The molecule has 2 aliphatic heterocycles. The minimum Gasteiger partial charge on any atom is -0.486 e. The van der Waals surface area contributed by atoms with Gasteiger partial charge in [-0.2, -0.15) is 4.31 Å². The molecule has 24 heavy (non-hydrogen) atoms. The molecule has 3 rings (SSSR count). The number of carboxylic acids is 1. The van der Waals surface area contributed by atoms with Gasteiger partial charge in [-0.25, -0.2) is 8.42 Å². The molecule has 1 atom stereocenters. The summed E-state index contributed by atoms with van der Waals surface area (Å²) in [6, 6.07) is 4.58. The maximum Gasteiger partial charge on any atom is 0.327 e. The van der Waals surface area contributed by atoms with E-state index in [0.717, 1.165) is 4.31 Å². The Balaban J connectivity index is 2.09. The van der Waals surface area contributed by atoms with Crippen molar-refractivity contribution in [2.75, 3.05) is 33.5 Å². The zero-order chi connectivity index (χ0) is 17.4. The van der Waals surface area contributed by atoms with Gasteiger partial charge in [0.15, 0.2) is 17.0 Å². The van der Waals surface area contributed by atoms with Crippen molar-refractivity contribution in [3.05, 3.63) is 18.2 Å². The SMILES string of the molecule is COCC1(C(=O)O)CCCN1S(=O)(=O)c1cccc2c1OCCO2. The third-order valence-corrected chi connectivity index (χ3v) is 6.30. The number of sulfonamides is 1. The largest absolute Gasteiger partial charge is 0.486 e. The second-order valence-corrected chi connectivity index (χ2v) is 7.56. The van der Waals surface area contributed by atoms with E-state index in [4.69, 9.17) is 14.2 Å². The van der Waals surface area contributed by atoms with Crippen LogP contribution in [0.5, 0.6) is 11.5 Å². The van der Waals surface area contributed by atoms with Gasteiger partial charge in [0, 0.05) is 13.7 Å². The Bertz CT molecular complexity index is 748. The monoisotopic (exact) mass is 357 g/mol. The first-order valence-electron chi connectivity index (χ1n) is 7.57. The van der Waals surface area contributed by atoms with Crippen molar-refractivity contribution >= 4 is 16.0 Å². The fourth-order valence-corrected chi connectivity index (χ4v) is 5.16.